The van der Waals surface area contributed by atoms with Crippen molar-refractivity contribution >= 4 is 49.0 Å². The second kappa shape index (κ2) is 5.49. The Balaban J connectivity index is 2.09. The smallest absolute Gasteiger partial charge is 0.254 e. The number of hydrogen-bond donors (Lipinski definition) is 0. The average Bonchev–Trinajstić information content (AvgIpc) is 3.09. The molecule has 0 fully saturated rings. The van der Waals surface area contributed by atoms with Crippen molar-refractivity contribution < 1.29 is 4.57 Å². The topological polar surface area (TPSA) is 12.7 Å². The minimum Gasteiger partial charge on any atom is -0.306 e. The van der Waals surface area contributed by atoms with E-state index in [-0.39, 0.29) is 0 Å². The fraction of sp³-hybridized carbons (Fsp3) is 0.185. The first-order valence-electron chi connectivity index (χ1n) is 10.3. The predicted molar refractivity (Wildman–Crippen MR) is 124 cm³/mol. The zero-order chi connectivity index (χ0) is 20.8. The van der Waals surface area contributed by atoms with E-state index in [1.807, 2.05) is 13.8 Å². The molecule has 0 bridgehead atoms. The van der Waals surface area contributed by atoms with E-state index in [0.717, 1.165) is 11.1 Å². The Bertz CT molecular complexity index is 1690. The van der Waals surface area contributed by atoms with Crippen molar-refractivity contribution in [1.29, 1.82) is 0 Å². The molecule has 144 valence electrons. The van der Waals surface area contributed by atoms with E-state index < -0.39 is 5.54 Å². The van der Waals surface area contributed by atoms with Crippen molar-refractivity contribution in [3.05, 3.63) is 83.3 Å². The van der Waals surface area contributed by atoms with Crippen LogP contribution in [0.4, 0.5) is 0 Å². The van der Waals surface area contributed by atoms with Gasteiger partial charge in [-0.2, -0.15) is 4.57 Å². The van der Waals surface area contributed by atoms with Crippen molar-refractivity contribution in [2.45, 2.75) is 26.3 Å². The van der Waals surface area contributed by atoms with Crippen LogP contribution in [0.25, 0.3) is 53.8 Å². The van der Waals surface area contributed by atoms with Gasteiger partial charge in [0.2, 0.25) is 5.52 Å². The molecule has 0 atom stereocenters. The summed E-state index contributed by atoms with van der Waals surface area (Å²) in [7, 11) is 2.13. The number of pyridine rings is 2. The molecule has 3 nitrogen and oxygen atoms in total. The molecule has 0 N–H and O–H groups in total. The number of para-hydroxylation sites is 1. The lowest BCUT2D eigenvalue weighted by Gasteiger charge is -2.16. The largest absolute Gasteiger partial charge is 0.306 e. The Morgan fingerprint density at radius 1 is 0.900 bits per heavy atom. The van der Waals surface area contributed by atoms with E-state index >= 15 is 0 Å². The van der Waals surface area contributed by atoms with Gasteiger partial charge in [-0.25, -0.2) is 6.57 Å². The summed E-state index contributed by atoms with van der Waals surface area (Å²) in [4.78, 5) is 3.98. The van der Waals surface area contributed by atoms with Crippen LogP contribution >= 0.6 is 0 Å². The minimum atomic E-state index is -0.601. The van der Waals surface area contributed by atoms with Crippen molar-refractivity contribution in [3.63, 3.8) is 0 Å². The second-order valence-corrected chi connectivity index (χ2v) is 8.88. The normalized spacial score (nSPS) is 12.6. The number of benzene rings is 3. The van der Waals surface area contributed by atoms with Crippen LogP contribution in [0.1, 0.15) is 25.0 Å². The molecule has 0 unspecified atom stereocenters. The SMILES string of the molecule is [C-]#[N+]C(C)(C)c1cccc2c3cc[n+](C)c4c5c(C)ccc6cccc(c65)n(c12)c34. The van der Waals surface area contributed by atoms with Gasteiger partial charge in [0.1, 0.15) is 12.6 Å². The fourth-order valence-electron chi connectivity index (χ4n) is 5.24. The van der Waals surface area contributed by atoms with Crippen molar-refractivity contribution in [3.8, 4) is 0 Å². The molecule has 3 heteroatoms. The monoisotopic (exact) mass is 388 g/mol. The Morgan fingerprint density at radius 3 is 2.47 bits per heavy atom. The number of aromatic nitrogens is 2. The molecule has 0 saturated heterocycles. The van der Waals surface area contributed by atoms with Crippen LogP contribution in [0.2, 0.25) is 0 Å². The van der Waals surface area contributed by atoms with E-state index in [1.165, 1.54) is 49.0 Å². The number of rotatable bonds is 1. The van der Waals surface area contributed by atoms with Gasteiger partial charge in [-0.1, -0.05) is 36.4 Å². The summed E-state index contributed by atoms with van der Waals surface area (Å²) in [6.07, 6.45) is 2.17. The van der Waals surface area contributed by atoms with E-state index in [1.54, 1.807) is 0 Å². The quantitative estimate of drug-likeness (QED) is 0.136. The molecule has 0 radical (unpaired) electrons. The molecule has 3 heterocycles. The van der Waals surface area contributed by atoms with Gasteiger partial charge in [-0.15, -0.1) is 0 Å². The molecule has 3 aromatic carbocycles. The number of fused-ring (bicyclic) bond motifs is 5. The van der Waals surface area contributed by atoms with Gasteiger partial charge in [0.25, 0.3) is 5.54 Å². The number of aryl methyl sites for hydroxylation is 2. The summed E-state index contributed by atoms with van der Waals surface area (Å²) in [5.74, 6) is 0. The molecule has 0 aliphatic heterocycles. The standard InChI is InChI=1S/C27H22N3/c1-16-12-13-17-8-6-11-21-23(17)22(16)26-25-19(14-15-29(26)5)18-9-7-10-20(24(18)30(21)25)27(2,3)28-4/h6-15H,1-3,5H3/q+1. The molecule has 0 saturated carbocycles. The van der Waals surface area contributed by atoms with Crippen molar-refractivity contribution in [2.75, 3.05) is 0 Å². The predicted octanol–water partition coefficient (Wildman–Crippen LogP) is 6.28. The Morgan fingerprint density at radius 2 is 1.67 bits per heavy atom. The molecule has 0 amide bonds. The highest BCUT2D eigenvalue weighted by Crippen LogP contribution is 2.42. The van der Waals surface area contributed by atoms with Gasteiger partial charge < -0.3 is 9.25 Å². The molecule has 0 aliphatic rings. The van der Waals surface area contributed by atoms with E-state index in [2.05, 4.69) is 88.6 Å². The van der Waals surface area contributed by atoms with Crippen molar-refractivity contribution in [2.24, 2.45) is 7.05 Å². The average molecular weight is 388 g/mol. The molecular formula is C27H22N3+. The third kappa shape index (κ3) is 1.91. The maximum Gasteiger partial charge on any atom is 0.254 e. The molecule has 6 aromatic rings. The lowest BCUT2D eigenvalue weighted by Crippen LogP contribution is -2.29. The first kappa shape index (κ1) is 17.2. The zero-order valence-electron chi connectivity index (χ0n) is 17.6. The maximum absolute atomic E-state index is 7.84. The summed E-state index contributed by atoms with van der Waals surface area (Å²) >= 11 is 0. The number of nitrogens with zero attached hydrogens (tertiary/aromatic N) is 3. The van der Waals surface area contributed by atoms with Crippen molar-refractivity contribution in [1.82, 2.24) is 4.40 Å². The maximum atomic E-state index is 7.84. The van der Waals surface area contributed by atoms with Gasteiger partial charge in [0.15, 0.2) is 6.20 Å². The van der Waals surface area contributed by atoms with Gasteiger partial charge in [-0.3, -0.25) is 0 Å². The Hall–Kier alpha value is -3.64. The van der Waals surface area contributed by atoms with Crippen LogP contribution in [-0.2, 0) is 12.6 Å². The summed E-state index contributed by atoms with van der Waals surface area (Å²) in [5.41, 5.74) is 6.61. The summed E-state index contributed by atoms with van der Waals surface area (Å²) in [6.45, 7) is 14.1. The fourth-order valence-corrected chi connectivity index (χ4v) is 5.24. The molecule has 0 aliphatic carbocycles. The molecule has 3 aromatic heterocycles. The molecule has 0 spiro atoms. The van der Waals surface area contributed by atoms with E-state index in [0.29, 0.717) is 0 Å². The highest BCUT2D eigenvalue weighted by Gasteiger charge is 2.32. The second-order valence-electron chi connectivity index (χ2n) is 8.88. The van der Waals surface area contributed by atoms with Gasteiger partial charge in [0.05, 0.1) is 22.0 Å². The minimum absolute atomic E-state index is 0.601. The van der Waals surface area contributed by atoms with Crippen LogP contribution < -0.4 is 4.57 Å². The molecule has 30 heavy (non-hydrogen) atoms. The van der Waals surface area contributed by atoms with E-state index in [9.17, 15) is 0 Å². The van der Waals surface area contributed by atoms with Crippen LogP contribution in [-0.4, -0.2) is 4.40 Å². The van der Waals surface area contributed by atoms with Gasteiger partial charge >= 0.3 is 0 Å². The molecule has 6 rings (SSSR count). The summed E-state index contributed by atoms with van der Waals surface area (Å²) < 4.78 is 4.66. The summed E-state index contributed by atoms with van der Waals surface area (Å²) in [6, 6.07) is 19.6. The van der Waals surface area contributed by atoms with Crippen LogP contribution in [0.15, 0.2) is 60.8 Å². The van der Waals surface area contributed by atoms with Crippen LogP contribution in [0.3, 0.4) is 0 Å². The number of hydrogen-bond acceptors (Lipinski definition) is 0. The van der Waals surface area contributed by atoms with E-state index in [4.69, 9.17) is 6.57 Å². The first-order valence-corrected chi connectivity index (χ1v) is 10.3. The highest BCUT2D eigenvalue weighted by molar-refractivity contribution is 6.25. The lowest BCUT2D eigenvalue weighted by atomic mass is 9.93. The Kier molecular flexibility index (Phi) is 3.15. The van der Waals surface area contributed by atoms with Gasteiger partial charge in [-0.05, 0) is 30.0 Å². The third-order valence-electron chi connectivity index (χ3n) is 6.72. The third-order valence-corrected chi connectivity index (χ3v) is 6.72. The zero-order valence-corrected chi connectivity index (χ0v) is 17.6. The summed E-state index contributed by atoms with van der Waals surface area (Å²) in [5, 5.41) is 6.31. The highest BCUT2D eigenvalue weighted by atomic mass is 15.0. The van der Waals surface area contributed by atoms with Crippen LogP contribution in [0, 0.1) is 13.5 Å². The van der Waals surface area contributed by atoms with Gasteiger partial charge in [0, 0.05) is 36.1 Å². The first-order chi connectivity index (χ1) is 14.4. The Labute approximate surface area is 174 Å². The molecular weight excluding hydrogens is 366 g/mol. The van der Waals surface area contributed by atoms with Crippen LogP contribution in [0.5, 0.6) is 0 Å². The lowest BCUT2D eigenvalue weighted by molar-refractivity contribution is -0.644.